The Labute approximate surface area is 97.2 Å². The minimum atomic E-state index is 0.675. The van der Waals surface area contributed by atoms with Crippen LogP contribution in [0.3, 0.4) is 0 Å². The lowest BCUT2D eigenvalue weighted by Gasteiger charge is -2.34. The van der Waals surface area contributed by atoms with Crippen molar-refractivity contribution >= 4 is 0 Å². The van der Waals surface area contributed by atoms with Gasteiger partial charge >= 0.3 is 0 Å². The topological polar surface area (TPSA) is 12.5 Å². The van der Waals surface area contributed by atoms with Gasteiger partial charge in [-0.3, -0.25) is 4.90 Å². The van der Waals surface area contributed by atoms with Crippen LogP contribution in [0.2, 0.25) is 0 Å². The molecule has 2 atom stereocenters. The van der Waals surface area contributed by atoms with Crippen molar-refractivity contribution in [2.24, 2.45) is 0 Å². The van der Waals surface area contributed by atoms with Gasteiger partial charge in [-0.2, -0.15) is 0 Å². The molecule has 2 heteroatoms. The second kappa shape index (κ2) is 4.19. The fourth-order valence-electron chi connectivity index (χ4n) is 3.13. The Hall–Kier alpha value is -0.860. The van der Waals surface area contributed by atoms with Gasteiger partial charge in [0.05, 0.1) is 13.2 Å². The molecule has 16 heavy (non-hydrogen) atoms. The Morgan fingerprint density at radius 2 is 1.94 bits per heavy atom. The van der Waals surface area contributed by atoms with Crippen LogP contribution < -0.4 is 0 Å². The van der Waals surface area contributed by atoms with Crippen LogP contribution in [0.25, 0.3) is 0 Å². The third-order valence-corrected chi connectivity index (χ3v) is 4.07. The highest BCUT2D eigenvalue weighted by molar-refractivity contribution is 5.37. The first-order valence-corrected chi connectivity index (χ1v) is 6.26. The molecule has 1 aliphatic carbocycles. The second-order valence-corrected chi connectivity index (χ2v) is 4.91. The Balaban J connectivity index is 1.80. The maximum Gasteiger partial charge on any atom is 0.0594 e. The summed E-state index contributed by atoms with van der Waals surface area (Å²) in [5.74, 6) is 0.675. The third kappa shape index (κ3) is 1.66. The lowest BCUT2D eigenvalue weighted by Crippen LogP contribution is -2.44. The van der Waals surface area contributed by atoms with Crippen molar-refractivity contribution in [2.75, 3.05) is 26.3 Å². The van der Waals surface area contributed by atoms with E-state index in [2.05, 4.69) is 36.1 Å². The zero-order valence-corrected chi connectivity index (χ0v) is 9.86. The van der Waals surface area contributed by atoms with Gasteiger partial charge in [-0.15, -0.1) is 0 Å². The van der Waals surface area contributed by atoms with E-state index in [4.69, 9.17) is 4.74 Å². The number of morpholine rings is 1. The summed E-state index contributed by atoms with van der Waals surface area (Å²) in [6.45, 7) is 6.37. The SMILES string of the molecule is CC1c2ccccc2C[C@@H]1N1CCOCC1. The van der Waals surface area contributed by atoms with E-state index in [-0.39, 0.29) is 0 Å². The number of hydrogen-bond acceptors (Lipinski definition) is 2. The van der Waals surface area contributed by atoms with Crippen LogP contribution in [0.15, 0.2) is 24.3 Å². The van der Waals surface area contributed by atoms with Crippen molar-refractivity contribution < 1.29 is 4.74 Å². The summed E-state index contributed by atoms with van der Waals surface area (Å²) in [5, 5.41) is 0. The molecule has 1 aliphatic heterocycles. The maximum atomic E-state index is 5.43. The van der Waals surface area contributed by atoms with Crippen LogP contribution in [0.1, 0.15) is 24.0 Å². The highest BCUT2D eigenvalue weighted by Gasteiger charge is 2.33. The molecule has 0 spiro atoms. The lowest BCUT2D eigenvalue weighted by atomic mass is 9.99. The van der Waals surface area contributed by atoms with Gasteiger partial charge in [0.2, 0.25) is 0 Å². The summed E-state index contributed by atoms with van der Waals surface area (Å²) in [6, 6.07) is 9.60. The van der Waals surface area contributed by atoms with Gasteiger partial charge in [0, 0.05) is 19.1 Å². The highest BCUT2D eigenvalue weighted by Crippen LogP contribution is 2.35. The van der Waals surface area contributed by atoms with Crippen LogP contribution in [0.4, 0.5) is 0 Å². The van der Waals surface area contributed by atoms with Crippen molar-refractivity contribution in [1.29, 1.82) is 0 Å². The van der Waals surface area contributed by atoms with Crippen molar-refractivity contribution in [3.63, 3.8) is 0 Å². The molecule has 2 nitrogen and oxygen atoms in total. The van der Waals surface area contributed by atoms with E-state index in [0.717, 1.165) is 26.3 Å². The number of benzene rings is 1. The third-order valence-electron chi connectivity index (χ3n) is 4.07. The summed E-state index contributed by atoms with van der Waals surface area (Å²) in [6.07, 6.45) is 1.22. The fraction of sp³-hybridized carbons (Fsp3) is 0.571. The Morgan fingerprint density at radius 1 is 1.19 bits per heavy atom. The molecule has 86 valence electrons. The molecule has 1 fully saturated rings. The molecule has 1 heterocycles. The first-order chi connectivity index (χ1) is 7.86. The fourth-order valence-corrected chi connectivity index (χ4v) is 3.13. The smallest absolute Gasteiger partial charge is 0.0594 e. The van der Waals surface area contributed by atoms with Gasteiger partial charge < -0.3 is 4.74 Å². The standard InChI is InChI=1S/C14H19NO/c1-11-13-5-3-2-4-12(13)10-14(11)15-6-8-16-9-7-15/h2-5,11,14H,6-10H2,1H3/t11?,14-/m0/s1. The molecule has 0 amide bonds. The Bertz CT molecular complexity index is 371. The van der Waals surface area contributed by atoms with Crippen LogP contribution >= 0.6 is 0 Å². The molecular weight excluding hydrogens is 198 g/mol. The first kappa shape index (κ1) is 10.3. The molecule has 2 aliphatic rings. The molecule has 1 aromatic carbocycles. The summed E-state index contributed by atoms with van der Waals surface area (Å²) < 4.78 is 5.43. The number of rotatable bonds is 1. The van der Waals surface area contributed by atoms with Crippen molar-refractivity contribution in [1.82, 2.24) is 4.90 Å². The molecule has 3 rings (SSSR count). The van der Waals surface area contributed by atoms with E-state index in [0.29, 0.717) is 12.0 Å². The first-order valence-electron chi connectivity index (χ1n) is 6.26. The zero-order chi connectivity index (χ0) is 11.0. The number of fused-ring (bicyclic) bond motifs is 1. The molecule has 1 unspecified atom stereocenters. The van der Waals surface area contributed by atoms with Crippen molar-refractivity contribution in [3.8, 4) is 0 Å². The average Bonchev–Trinajstić information content (AvgIpc) is 2.69. The predicted octanol–water partition coefficient (Wildman–Crippen LogP) is 2.05. The van der Waals surface area contributed by atoms with Crippen LogP contribution in [0.5, 0.6) is 0 Å². The average molecular weight is 217 g/mol. The monoisotopic (exact) mass is 217 g/mol. The van der Waals surface area contributed by atoms with Crippen LogP contribution in [-0.4, -0.2) is 37.2 Å². The molecule has 1 aromatic rings. The van der Waals surface area contributed by atoms with E-state index in [1.165, 1.54) is 6.42 Å². The molecule has 0 radical (unpaired) electrons. The van der Waals surface area contributed by atoms with E-state index in [1.807, 2.05) is 0 Å². The molecule has 0 aromatic heterocycles. The molecule has 0 bridgehead atoms. The highest BCUT2D eigenvalue weighted by atomic mass is 16.5. The van der Waals surface area contributed by atoms with E-state index in [1.54, 1.807) is 11.1 Å². The molecule has 0 saturated carbocycles. The van der Waals surface area contributed by atoms with Crippen molar-refractivity contribution in [3.05, 3.63) is 35.4 Å². The Kier molecular flexibility index (Phi) is 2.70. The number of hydrogen-bond donors (Lipinski definition) is 0. The lowest BCUT2D eigenvalue weighted by molar-refractivity contribution is 0.0143. The summed E-state index contributed by atoms with van der Waals surface area (Å²) in [7, 11) is 0. The van der Waals surface area contributed by atoms with E-state index in [9.17, 15) is 0 Å². The van der Waals surface area contributed by atoms with E-state index < -0.39 is 0 Å². The van der Waals surface area contributed by atoms with E-state index >= 15 is 0 Å². The van der Waals surface area contributed by atoms with Gasteiger partial charge in [0.1, 0.15) is 0 Å². The quantitative estimate of drug-likeness (QED) is 0.714. The predicted molar refractivity (Wildman–Crippen MR) is 64.7 cm³/mol. The van der Waals surface area contributed by atoms with Gasteiger partial charge in [0.25, 0.3) is 0 Å². The van der Waals surface area contributed by atoms with Crippen LogP contribution in [-0.2, 0) is 11.2 Å². The summed E-state index contributed by atoms with van der Waals surface area (Å²) in [5.41, 5.74) is 3.10. The van der Waals surface area contributed by atoms with Gasteiger partial charge in [-0.05, 0) is 23.5 Å². The second-order valence-electron chi connectivity index (χ2n) is 4.91. The zero-order valence-electron chi connectivity index (χ0n) is 9.86. The van der Waals surface area contributed by atoms with Gasteiger partial charge in [-0.25, -0.2) is 0 Å². The normalized spacial score (nSPS) is 30.3. The number of nitrogens with zero attached hydrogens (tertiary/aromatic N) is 1. The molecule has 1 saturated heterocycles. The van der Waals surface area contributed by atoms with Gasteiger partial charge in [-0.1, -0.05) is 31.2 Å². The summed E-state index contributed by atoms with van der Waals surface area (Å²) >= 11 is 0. The molecular formula is C14H19NO. The minimum Gasteiger partial charge on any atom is -0.379 e. The maximum absolute atomic E-state index is 5.43. The Morgan fingerprint density at radius 3 is 2.69 bits per heavy atom. The molecule has 0 N–H and O–H groups in total. The largest absolute Gasteiger partial charge is 0.379 e. The minimum absolute atomic E-state index is 0.675. The van der Waals surface area contributed by atoms with Crippen molar-refractivity contribution in [2.45, 2.75) is 25.3 Å². The summed E-state index contributed by atoms with van der Waals surface area (Å²) in [4.78, 5) is 2.61. The van der Waals surface area contributed by atoms with Crippen LogP contribution in [0, 0.1) is 0 Å². The van der Waals surface area contributed by atoms with Gasteiger partial charge in [0.15, 0.2) is 0 Å². The number of ether oxygens (including phenoxy) is 1.